The van der Waals surface area contributed by atoms with Crippen LogP contribution in [-0.2, 0) is 0 Å². The monoisotopic (exact) mass is 426 g/mol. The van der Waals surface area contributed by atoms with Crippen LogP contribution in [0.15, 0.2) is 45.7 Å². The number of nitrogens with one attached hydrogen (secondary N) is 1. The van der Waals surface area contributed by atoms with Gasteiger partial charge in [-0.1, -0.05) is 30.0 Å². The Bertz CT molecular complexity index is 1240. The fourth-order valence-corrected chi connectivity index (χ4v) is 5.77. The van der Waals surface area contributed by atoms with Crippen LogP contribution >= 0.6 is 34.4 Å². The van der Waals surface area contributed by atoms with Gasteiger partial charge in [0, 0.05) is 20.9 Å². The van der Waals surface area contributed by atoms with Crippen molar-refractivity contribution in [3.63, 3.8) is 0 Å². The maximum atomic E-state index is 12.7. The quantitative estimate of drug-likeness (QED) is 0.256. The molecule has 142 valence electrons. The van der Waals surface area contributed by atoms with Crippen LogP contribution in [0.5, 0.6) is 0 Å². The van der Waals surface area contributed by atoms with Crippen LogP contribution in [0, 0.1) is 20.8 Å². The lowest BCUT2D eigenvalue weighted by molar-refractivity contribution is 0.102. The van der Waals surface area contributed by atoms with Gasteiger partial charge in [-0.15, -0.1) is 22.7 Å². The molecule has 0 bridgehead atoms. The molecule has 4 aromatic rings. The molecule has 28 heavy (non-hydrogen) atoms. The van der Waals surface area contributed by atoms with E-state index >= 15 is 0 Å². The maximum Gasteiger partial charge on any atom is 0.260 e. The summed E-state index contributed by atoms with van der Waals surface area (Å²) in [7, 11) is 0. The molecule has 0 aliphatic rings. The number of rotatable bonds is 5. The van der Waals surface area contributed by atoms with Crippen molar-refractivity contribution in [3.05, 3.63) is 67.6 Å². The summed E-state index contributed by atoms with van der Waals surface area (Å²) in [5.41, 5.74) is 3.76. The summed E-state index contributed by atoms with van der Waals surface area (Å²) >= 11 is 4.40. The van der Waals surface area contributed by atoms with Crippen molar-refractivity contribution >= 4 is 50.4 Å². The molecule has 0 saturated heterocycles. The molecule has 4 rings (SSSR count). The summed E-state index contributed by atoms with van der Waals surface area (Å²) in [5, 5.41) is 3.12. The van der Waals surface area contributed by atoms with Gasteiger partial charge in [-0.3, -0.25) is 9.59 Å². The van der Waals surface area contributed by atoms with Gasteiger partial charge in [0.2, 0.25) is 0 Å². The highest BCUT2D eigenvalue weighted by Gasteiger charge is 2.18. The Morgan fingerprint density at radius 2 is 2.00 bits per heavy atom. The van der Waals surface area contributed by atoms with Gasteiger partial charge < -0.3 is 4.98 Å². The number of benzene rings is 1. The molecule has 1 N–H and O–H groups in total. The van der Waals surface area contributed by atoms with Gasteiger partial charge in [0.1, 0.15) is 4.83 Å². The van der Waals surface area contributed by atoms with Crippen LogP contribution in [0.1, 0.15) is 26.4 Å². The minimum Gasteiger partial charge on any atom is -0.301 e. The minimum absolute atomic E-state index is 0.0254. The molecule has 1 aromatic carbocycles. The van der Waals surface area contributed by atoms with Crippen molar-refractivity contribution in [2.45, 2.75) is 25.9 Å². The fourth-order valence-electron chi connectivity index (χ4n) is 3.02. The second-order valence-electron chi connectivity index (χ2n) is 6.57. The summed E-state index contributed by atoms with van der Waals surface area (Å²) < 4.78 is 0. The number of hydrogen-bond acceptors (Lipinski definition) is 6. The zero-order chi connectivity index (χ0) is 19.8. The lowest BCUT2D eigenvalue weighted by Crippen LogP contribution is -2.10. The second-order valence-corrected chi connectivity index (χ2v) is 9.69. The number of carbonyl (C=O) groups excluding carboxylic acids is 1. The molecule has 0 fully saturated rings. The molecule has 3 aromatic heterocycles. The number of thiophene rings is 2. The van der Waals surface area contributed by atoms with Crippen molar-refractivity contribution in [2.75, 3.05) is 5.75 Å². The molecule has 0 radical (unpaired) electrons. The zero-order valence-corrected chi connectivity index (χ0v) is 18.1. The first-order valence-electron chi connectivity index (χ1n) is 8.74. The standard InChI is InChI=1S/C21H18N2O2S3/c1-11-6-7-14(9-12(11)2)15(24)10-27-21-22-19(25)18-17(16-5-4-8-26-16)13(3)28-20(18)23-21/h4-9H,10H2,1-3H3,(H,22,23,25). The van der Waals surface area contributed by atoms with E-state index in [1.54, 1.807) is 11.3 Å². The number of nitrogens with zero attached hydrogens (tertiary/aromatic N) is 1. The number of aromatic amines is 1. The number of aryl methyl sites for hydroxylation is 3. The van der Waals surface area contributed by atoms with Crippen molar-refractivity contribution in [1.29, 1.82) is 0 Å². The Morgan fingerprint density at radius 3 is 2.71 bits per heavy atom. The molecule has 0 amide bonds. The molecule has 7 heteroatoms. The van der Waals surface area contributed by atoms with E-state index in [4.69, 9.17) is 0 Å². The van der Waals surface area contributed by atoms with E-state index < -0.39 is 0 Å². The normalized spacial score (nSPS) is 11.2. The molecule has 0 atom stereocenters. The Labute approximate surface area is 174 Å². The number of H-pyrrole nitrogens is 1. The smallest absolute Gasteiger partial charge is 0.260 e. The van der Waals surface area contributed by atoms with Crippen molar-refractivity contribution in [1.82, 2.24) is 9.97 Å². The summed E-state index contributed by atoms with van der Waals surface area (Å²) in [5.74, 6) is 0.261. The van der Waals surface area contributed by atoms with Crippen LogP contribution in [-0.4, -0.2) is 21.5 Å². The highest BCUT2D eigenvalue weighted by molar-refractivity contribution is 7.99. The number of hydrogen-bond donors (Lipinski definition) is 1. The summed E-state index contributed by atoms with van der Waals surface area (Å²) in [6.45, 7) is 6.03. The zero-order valence-electron chi connectivity index (χ0n) is 15.7. The molecular formula is C21H18N2O2S3. The third-order valence-electron chi connectivity index (χ3n) is 4.65. The molecular weight excluding hydrogens is 408 g/mol. The van der Waals surface area contributed by atoms with E-state index in [0.717, 1.165) is 26.4 Å². The predicted molar refractivity (Wildman–Crippen MR) is 119 cm³/mol. The van der Waals surface area contributed by atoms with Gasteiger partial charge >= 0.3 is 0 Å². The molecule has 3 heterocycles. The number of Topliss-reactive ketones (excluding diaryl/α,β-unsaturated/α-hetero) is 1. The number of aromatic nitrogens is 2. The molecule has 0 aliphatic heterocycles. The van der Waals surface area contributed by atoms with Crippen molar-refractivity contribution in [3.8, 4) is 10.4 Å². The molecule has 0 unspecified atom stereocenters. The van der Waals surface area contributed by atoms with Crippen molar-refractivity contribution < 1.29 is 4.79 Å². The Balaban J connectivity index is 1.61. The predicted octanol–water partition coefficient (Wildman–Crippen LogP) is 5.61. The van der Waals surface area contributed by atoms with Crippen LogP contribution in [0.2, 0.25) is 0 Å². The van der Waals surface area contributed by atoms with Crippen molar-refractivity contribution in [2.24, 2.45) is 0 Å². The lowest BCUT2D eigenvalue weighted by Gasteiger charge is -2.05. The number of fused-ring (bicyclic) bond motifs is 1. The van der Waals surface area contributed by atoms with Gasteiger partial charge in [0.15, 0.2) is 10.9 Å². The van der Waals surface area contributed by atoms with Crippen LogP contribution in [0.3, 0.4) is 0 Å². The van der Waals surface area contributed by atoms with Crippen LogP contribution in [0.25, 0.3) is 20.7 Å². The van der Waals surface area contributed by atoms with Gasteiger partial charge in [0.05, 0.1) is 11.1 Å². The molecule has 0 spiro atoms. The first kappa shape index (κ1) is 19.1. The topological polar surface area (TPSA) is 62.8 Å². The highest BCUT2D eigenvalue weighted by atomic mass is 32.2. The summed E-state index contributed by atoms with van der Waals surface area (Å²) in [6, 6.07) is 9.71. The first-order valence-corrected chi connectivity index (χ1v) is 11.4. The SMILES string of the molecule is Cc1ccc(C(=O)CSc2nc3sc(C)c(-c4cccs4)c3c(=O)[nH]2)cc1C. The van der Waals surface area contributed by atoms with E-state index in [2.05, 4.69) is 9.97 Å². The Morgan fingerprint density at radius 1 is 1.18 bits per heavy atom. The average Bonchev–Trinajstić information content (AvgIpc) is 3.29. The van der Waals surface area contributed by atoms with E-state index in [-0.39, 0.29) is 17.1 Å². The first-order chi connectivity index (χ1) is 13.4. The van der Waals surface area contributed by atoms with E-state index in [9.17, 15) is 9.59 Å². The maximum absolute atomic E-state index is 12.7. The number of ketones is 1. The van der Waals surface area contributed by atoms with Gasteiger partial charge in [-0.25, -0.2) is 4.98 Å². The van der Waals surface area contributed by atoms with E-state index in [1.807, 2.05) is 56.5 Å². The third-order valence-corrected chi connectivity index (χ3v) is 7.41. The van der Waals surface area contributed by atoms with E-state index in [1.165, 1.54) is 23.1 Å². The largest absolute Gasteiger partial charge is 0.301 e. The summed E-state index contributed by atoms with van der Waals surface area (Å²) in [4.78, 5) is 35.6. The van der Waals surface area contributed by atoms with Gasteiger partial charge in [0.25, 0.3) is 5.56 Å². The van der Waals surface area contributed by atoms with Crippen LogP contribution in [0.4, 0.5) is 0 Å². The lowest BCUT2D eigenvalue weighted by atomic mass is 10.0. The molecule has 4 nitrogen and oxygen atoms in total. The van der Waals surface area contributed by atoms with Crippen LogP contribution < -0.4 is 5.56 Å². The molecule has 0 aliphatic carbocycles. The van der Waals surface area contributed by atoms with Gasteiger partial charge in [-0.2, -0.15) is 0 Å². The van der Waals surface area contributed by atoms with Gasteiger partial charge in [-0.05, 0) is 49.4 Å². The Hall–Kier alpha value is -2.22. The molecule has 0 saturated carbocycles. The fraction of sp³-hybridized carbons (Fsp3) is 0.190. The number of thioether (sulfide) groups is 1. The van der Waals surface area contributed by atoms with E-state index in [0.29, 0.717) is 20.9 Å². The minimum atomic E-state index is -0.154. The highest BCUT2D eigenvalue weighted by Crippen LogP contribution is 2.38. The third kappa shape index (κ3) is 3.57. The number of carbonyl (C=O) groups is 1. The average molecular weight is 427 g/mol. The Kier molecular flexibility index (Phi) is 5.23. The summed E-state index contributed by atoms with van der Waals surface area (Å²) in [6.07, 6.45) is 0. The second kappa shape index (κ2) is 7.66.